The van der Waals surface area contributed by atoms with E-state index in [0.717, 1.165) is 41.7 Å². The fourth-order valence-corrected chi connectivity index (χ4v) is 2.95. The van der Waals surface area contributed by atoms with Crippen molar-refractivity contribution in [3.05, 3.63) is 39.4 Å². The summed E-state index contributed by atoms with van der Waals surface area (Å²) in [5.74, 6) is 0.753. The first-order chi connectivity index (χ1) is 9.72. The molecule has 0 aliphatic carbocycles. The molecule has 2 heterocycles. The van der Waals surface area contributed by atoms with Crippen LogP contribution in [0.5, 0.6) is 0 Å². The van der Waals surface area contributed by atoms with E-state index in [9.17, 15) is 4.79 Å². The lowest BCUT2D eigenvalue weighted by atomic mass is 10.2. The van der Waals surface area contributed by atoms with Crippen LogP contribution in [0.25, 0.3) is 0 Å². The van der Waals surface area contributed by atoms with E-state index in [-0.39, 0.29) is 4.74 Å². The number of nitrogens with one attached hydrogen (secondary N) is 3. The first kappa shape index (κ1) is 13.2. The van der Waals surface area contributed by atoms with Crippen molar-refractivity contribution in [2.45, 2.75) is 19.8 Å². The van der Waals surface area contributed by atoms with Crippen LogP contribution >= 0.6 is 11.5 Å². The summed E-state index contributed by atoms with van der Waals surface area (Å²) in [5.41, 5.74) is 5.97. The highest BCUT2D eigenvalue weighted by Crippen LogP contribution is 2.23. The van der Waals surface area contributed by atoms with Crippen molar-refractivity contribution in [1.82, 2.24) is 9.38 Å². The number of H-pyrrole nitrogens is 1. The highest BCUT2D eigenvalue weighted by atomic mass is 32.1. The van der Waals surface area contributed by atoms with Gasteiger partial charge in [0, 0.05) is 18.8 Å². The molecule has 6 heteroatoms. The molecule has 20 heavy (non-hydrogen) atoms. The van der Waals surface area contributed by atoms with Crippen LogP contribution in [-0.4, -0.2) is 22.5 Å². The quantitative estimate of drug-likeness (QED) is 0.810. The predicted octanol–water partition coefficient (Wildman–Crippen LogP) is 2.91. The zero-order valence-electron chi connectivity index (χ0n) is 11.4. The molecule has 0 radical (unpaired) electrons. The minimum atomic E-state index is 0.00760. The number of aromatic amines is 1. The van der Waals surface area contributed by atoms with E-state index in [1.165, 1.54) is 12.8 Å². The standard InChI is InChI=1S/C14H18N4OS/c1-10-5-4-6-11(9-10)15-12-13(17-20-14(12)19)16-18-7-2-3-8-18/h4-6,9,15-17H,2-3,7-8H2,1H3. The Bertz CT molecular complexity index is 643. The topological polar surface area (TPSA) is 60.2 Å². The van der Waals surface area contributed by atoms with Gasteiger partial charge >= 0.3 is 0 Å². The van der Waals surface area contributed by atoms with Gasteiger partial charge in [0.05, 0.1) is 0 Å². The van der Waals surface area contributed by atoms with Gasteiger partial charge in [-0.15, -0.1) is 0 Å². The number of aryl methyl sites for hydroxylation is 1. The number of anilines is 3. The molecule has 0 atom stereocenters. The molecule has 0 bridgehead atoms. The van der Waals surface area contributed by atoms with Crippen LogP contribution in [0, 0.1) is 6.92 Å². The number of nitrogens with zero attached hydrogens (tertiary/aromatic N) is 1. The third-order valence-electron chi connectivity index (χ3n) is 3.36. The van der Waals surface area contributed by atoms with Crippen molar-refractivity contribution in [2.75, 3.05) is 23.8 Å². The molecule has 2 aromatic rings. The largest absolute Gasteiger partial charge is 0.349 e. The molecule has 3 rings (SSSR count). The van der Waals surface area contributed by atoms with E-state index in [2.05, 4.69) is 20.1 Å². The Morgan fingerprint density at radius 3 is 2.85 bits per heavy atom. The summed E-state index contributed by atoms with van der Waals surface area (Å²) < 4.78 is 3.06. The zero-order valence-corrected chi connectivity index (χ0v) is 12.2. The first-order valence-electron chi connectivity index (χ1n) is 6.79. The van der Waals surface area contributed by atoms with Crippen LogP contribution < -0.4 is 15.5 Å². The number of benzene rings is 1. The summed E-state index contributed by atoms with van der Waals surface area (Å²) in [5, 5.41) is 5.35. The summed E-state index contributed by atoms with van der Waals surface area (Å²) >= 11 is 1.11. The fourth-order valence-electron chi connectivity index (χ4n) is 2.35. The molecule has 3 N–H and O–H groups in total. The van der Waals surface area contributed by atoms with Gasteiger partial charge in [-0.1, -0.05) is 12.1 Å². The molecular formula is C14H18N4OS. The van der Waals surface area contributed by atoms with Gasteiger partial charge in [0.1, 0.15) is 5.69 Å². The number of hydrogen-bond acceptors (Lipinski definition) is 5. The lowest BCUT2D eigenvalue weighted by Crippen LogP contribution is -2.27. The van der Waals surface area contributed by atoms with Crippen molar-refractivity contribution in [3.8, 4) is 0 Å². The number of aromatic nitrogens is 1. The summed E-state index contributed by atoms with van der Waals surface area (Å²) in [6.07, 6.45) is 2.39. The van der Waals surface area contributed by atoms with E-state index < -0.39 is 0 Å². The summed E-state index contributed by atoms with van der Waals surface area (Å²) in [7, 11) is 0. The lowest BCUT2D eigenvalue weighted by molar-refractivity contribution is 0.409. The van der Waals surface area contributed by atoms with Gasteiger partial charge in [0.25, 0.3) is 4.74 Å². The van der Waals surface area contributed by atoms with E-state index >= 15 is 0 Å². The average molecular weight is 290 g/mol. The highest BCUT2D eigenvalue weighted by molar-refractivity contribution is 7.04. The van der Waals surface area contributed by atoms with Crippen molar-refractivity contribution < 1.29 is 0 Å². The Kier molecular flexibility index (Phi) is 3.75. The Labute approximate surface area is 121 Å². The zero-order chi connectivity index (χ0) is 13.9. The number of hydrogen-bond donors (Lipinski definition) is 3. The Balaban J connectivity index is 1.81. The van der Waals surface area contributed by atoms with Crippen molar-refractivity contribution in [1.29, 1.82) is 0 Å². The Hall–Kier alpha value is -1.79. The molecule has 106 valence electrons. The summed E-state index contributed by atoms with van der Waals surface area (Å²) in [4.78, 5) is 12.0. The molecule has 1 fully saturated rings. The van der Waals surface area contributed by atoms with Crippen LogP contribution in [0.1, 0.15) is 18.4 Å². The van der Waals surface area contributed by atoms with Crippen LogP contribution in [0.2, 0.25) is 0 Å². The Morgan fingerprint density at radius 1 is 1.30 bits per heavy atom. The molecule has 0 unspecified atom stereocenters. The maximum absolute atomic E-state index is 12.0. The molecule has 0 amide bonds. The first-order valence-corrected chi connectivity index (χ1v) is 7.61. The van der Waals surface area contributed by atoms with E-state index in [0.29, 0.717) is 5.69 Å². The number of hydrazine groups is 1. The highest BCUT2D eigenvalue weighted by Gasteiger charge is 2.16. The molecule has 1 aliphatic rings. The van der Waals surface area contributed by atoms with Gasteiger partial charge in [-0.25, -0.2) is 5.01 Å². The molecular weight excluding hydrogens is 272 g/mol. The van der Waals surface area contributed by atoms with Crippen LogP contribution in [-0.2, 0) is 0 Å². The minimum Gasteiger partial charge on any atom is -0.349 e. The average Bonchev–Trinajstić information content (AvgIpc) is 3.04. The molecule has 0 spiro atoms. The second-order valence-corrected chi connectivity index (χ2v) is 5.82. The van der Waals surface area contributed by atoms with Crippen molar-refractivity contribution >= 4 is 28.7 Å². The van der Waals surface area contributed by atoms with Crippen LogP contribution in [0.3, 0.4) is 0 Å². The maximum atomic E-state index is 12.0. The smallest absolute Gasteiger partial charge is 0.275 e. The van der Waals surface area contributed by atoms with E-state index in [1.807, 2.05) is 31.2 Å². The third-order valence-corrected chi connectivity index (χ3v) is 4.06. The molecule has 1 aliphatic heterocycles. The summed E-state index contributed by atoms with van der Waals surface area (Å²) in [6.45, 7) is 4.07. The third kappa shape index (κ3) is 2.86. The second-order valence-electron chi connectivity index (χ2n) is 5.04. The van der Waals surface area contributed by atoms with Crippen LogP contribution in [0.4, 0.5) is 17.2 Å². The fraction of sp³-hybridized carbons (Fsp3) is 0.357. The van der Waals surface area contributed by atoms with Gasteiger partial charge in [-0.3, -0.25) is 9.17 Å². The monoisotopic (exact) mass is 290 g/mol. The SMILES string of the molecule is Cc1cccc(Nc2c(NN3CCCC3)[nH]sc2=O)c1. The van der Waals surface area contributed by atoms with Crippen molar-refractivity contribution in [2.24, 2.45) is 0 Å². The van der Waals surface area contributed by atoms with E-state index in [4.69, 9.17) is 0 Å². The second kappa shape index (κ2) is 5.68. The molecule has 0 saturated carbocycles. The maximum Gasteiger partial charge on any atom is 0.275 e. The van der Waals surface area contributed by atoms with Crippen LogP contribution in [0.15, 0.2) is 29.1 Å². The molecule has 5 nitrogen and oxygen atoms in total. The summed E-state index contributed by atoms with van der Waals surface area (Å²) in [6, 6.07) is 8.00. The lowest BCUT2D eigenvalue weighted by Gasteiger charge is -2.17. The molecule has 1 saturated heterocycles. The van der Waals surface area contributed by atoms with Gasteiger partial charge < -0.3 is 10.7 Å². The minimum absolute atomic E-state index is 0.00760. The predicted molar refractivity (Wildman–Crippen MR) is 83.8 cm³/mol. The van der Waals surface area contributed by atoms with Gasteiger partial charge in [-0.05, 0) is 49.0 Å². The Morgan fingerprint density at radius 2 is 2.10 bits per heavy atom. The van der Waals surface area contributed by atoms with Crippen molar-refractivity contribution in [3.63, 3.8) is 0 Å². The van der Waals surface area contributed by atoms with Gasteiger partial charge in [0.2, 0.25) is 0 Å². The van der Waals surface area contributed by atoms with Gasteiger partial charge in [-0.2, -0.15) is 0 Å². The molecule has 1 aromatic heterocycles. The van der Waals surface area contributed by atoms with Gasteiger partial charge in [0.15, 0.2) is 5.82 Å². The number of rotatable bonds is 4. The van der Waals surface area contributed by atoms with E-state index in [1.54, 1.807) is 0 Å². The normalized spacial score (nSPS) is 15.4. The molecule has 1 aromatic carbocycles.